The van der Waals surface area contributed by atoms with Crippen LogP contribution >= 0.6 is 0 Å². The number of aromatic amines is 2. The third kappa shape index (κ3) is 4.00. The minimum Gasteiger partial charge on any atom is -0.496 e. The highest BCUT2D eigenvalue weighted by atomic mass is 16.5. The lowest BCUT2D eigenvalue weighted by Crippen LogP contribution is -2.30. The molecule has 0 aliphatic carbocycles. The van der Waals surface area contributed by atoms with Gasteiger partial charge < -0.3 is 24.8 Å². The van der Waals surface area contributed by atoms with E-state index in [9.17, 15) is 14.4 Å². The summed E-state index contributed by atoms with van der Waals surface area (Å²) >= 11 is 0. The van der Waals surface area contributed by atoms with Crippen LogP contribution in [0.25, 0.3) is 11.0 Å². The first-order valence-corrected chi connectivity index (χ1v) is 8.26. The van der Waals surface area contributed by atoms with Gasteiger partial charge in [-0.05, 0) is 44.2 Å². The summed E-state index contributed by atoms with van der Waals surface area (Å²) in [5.74, 6) is -0.768. The van der Waals surface area contributed by atoms with Crippen molar-refractivity contribution in [3.8, 4) is 5.75 Å². The molecule has 8 nitrogen and oxygen atoms in total. The Morgan fingerprint density at radius 3 is 2.56 bits per heavy atom. The van der Waals surface area contributed by atoms with Crippen molar-refractivity contribution >= 4 is 28.6 Å². The first kappa shape index (κ1) is 18.2. The van der Waals surface area contributed by atoms with Crippen molar-refractivity contribution in [2.24, 2.45) is 0 Å². The molecule has 1 aromatic heterocycles. The van der Waals surface area contributed by atoms with Crippen molar-refractivity contribution in [1.82, 2.24) is 9.97 Å². The van der Waals surface area contributed by atoms with Crippen molar-refractivity contribution in [3.63, 3.8) is 0 Å². The predicted octanol–water partition coefficient (Wildman–Crippen LogP) is 2.36. The number of carbonyl (C=O) groups is 2. The normalized spacial score (nSPS) is 11.8. The standard InChI is InChI=1S/C19H19N3O5/c1-10-4-7-16(26-3)13(8-10)18(24)27-11(2)17(23)20-12-5-6-14-15(9-12)22-19(25)21-14/h4-9,11H,1-3H3,(H,20,23)(H2,21,22,25)/t11-/m0/s1. The number of H-pyrrole nitrogens is 2. The zero-order chi connectivity index (χ0) is 19.6. The van der Waals surface area contributed by atoms with E-state index in [1.165, 1.54) is 14.0 Å². The van der Waals surface area contributed by atoms with Gasteiger partial charge in [0, 0.05) is 5.69 Å². The van der Waals surface area contributed by atoms with E-state index < -0.39 is 18.0 Å². The molecule has 27 heavy (non-hydrogen) atoms. The van der Waals surface area contributed by atoms with Crippen LogP contribution in [0, 0.1) is 6.92 Å². The molecule has 1 amide bonds. The highest BCUT2D eigenvalue weighted by Gasteiger charge is 2.21. The number of hydrogen-bond donors (Lipinski definition) is 3. The number of anilines is 1. The molecule has 0 unspecified atom stereocenters. The van der Waals surface area contributed by atoms with E-state index in [4.69, 9.17) is 9.47 Å². The first-order chi connectivity index (χ1) is 12.9. The monoisotopic (exact) mass is 369 g/mol. The van der Waals surface area contributed by atoms with Crippen molar-refractivity contribution in [2.75, 3.05) is 12.4 Å². The first-order valence-electron chi connectivity index (χ1n) is 8.26. The summed E-state index contributed by atoms with van der Waals surface area (Å²) < 4.78 is 10.4. The Balaban J connectivity index is 1.70. The largest absolute Gasteiger partial charge is 0.496 e. The van der Waals surface area contributed by atoms with Gasteiger partial charge in [0.15, 0.2) is 6.10 Å². The molecule has 2 aromatic carbocycles. The number of fused-ring (bicyclic) bond motifs is 1. The van der Waals surface area contributed by atoms with Crippen LogP contribution in [0.15, 0.2) is 41.2 Å². The quantitative estimate of drug-likeness (QED) is 0.598. The van der Waals surface area contributed by atoms with Gasteiger partial charge in [0.25, 0.3) is 5.91 Å². The molecule has 0 aliphatic rings. The highest BCUT2D eigenvalue weighted by molar-refractivity contribution is 5.99. The molecule has 3 N–H and O–H groups in total. The van der Waals surface area contributed by atoms with Gasteiger partial charge in [-0.3, -0.25) is 4.79 Å². The maximum Gasteiger partial charge on any atom is 0.342 e. The fourth-order valence-electron chi connectivity index (χ4n) is 2.61. The summed E-state index contributed by atoms with van der Waals surface area (Å²) in [6, 6.07) is 10.0. The summed E-state index contributed by atoms with van der Waals surface area (Å²) in [7, 11) is 1.46. The van der Waals surface area contributed by atoms with E-state index in [-0.39, 0.29) is 11.3 Å². The number of imidazole rings is 1. The maximum absolute atomic E-state index is 12.4. The SMILES string of the molecule is COc1ccc(C)cc1C(=O)O[C@@H](C)C(=O)Nc1ccc2[nH]c(=O)[nH]c2c1. The van der Waals surface area contributed by atoms with Gasteiger partial charge >= 0.3 is 11.7 Å². The van der Waals surface area contributed by atoms with Gasteiger partial charge in [-0.1, -0.05) is 11.6 Å². The van der Waals surface area contributed by atoms with Crippen LogP contribution < -0.4 is 15.7 Å². The van der Waals surface area contributed by atoms with Crippen LogP contribution in [-0.4, -0.2) is 35.1 Å². The number of hydrogen-bond acceptors (Lipinski definition) is 5. The summed E-state index contributed by atoms with van der Waals surface area (Å²) in [6.45, 7) is 3.32. The number of rotatable bonds is 5. The Kier molecular flexibility index (Phi) is 4.98. The molecule has 140 valence electrons. The summed E-state index contributed by atoms with van der Waals surface area (Å²) in [5.41, 5.74) is 2.45. The molecule has 0 spiro atoms. The van der Waals surface area contributed by atoms with Gasteiger partial charge in [-0.2, -0.15) is 0 Å². The highest BCUT2D eigenvalue weighted by Crippen LogP contribution is 2.21. The minimum absolute atomic E-state index is 0.253. The number of aryl methyl sites for hydroxylation is 1. The zero-order valence-electron chi connectivity index (χ0n) is 15.1. The number of methoxy groups -OCH3 is 1. The number of ether oxygens (including phenoxy) is 2. The molecule has 0 saturated carbocycles. The second-order valence-electron chi connectivity index (χ2n) is 6.08. The van der Waals surface area contributed by atoms with Crippen LogP contribution in [0.2, 0.25) is 0 Å². The van der Waals surface area contributed by atoms with Crippen LogP contribution in [0.1, 0.15) is 22.8 Å². The molecule has 0 saturated heterocycles. The smallest absolute Gasteiger partial charge is 0.342 e. The zero-order valence-corrected chi connectivity index (χ0v) is 15.1. The lowest BCUT2D eigenvalue weighted by atomic mass is 10.1. The molecule has 0 fully saturated rings. The van der Waals surface area contributed by atoms with E-state index in [0.29, 0.717) is 22.5 Å². The fraction of sp³-hybridized carbons (Fsp3) is 0.211. The average molecular weight is 369 g/mol. The van der Waals surface area contributed by atoms with Gasteiger partial charge in [0.05, 0.1) is 18.1 Å². The van der Waals surface area contributed by atoms with E-state index in [1.807, 2.05) is 13.0 Å². The number of amides is 1. The molecule has 0 bridgehead atoms. The van der Waals surface area contributed by atoms with Crippen LogP contribution in [0.3, 0.4) is 0 Å². The third-order valence-corrected chi connectivity index (χ3v) is 4.01. The van der Waals surface area contributed by atoms with Crippen molar-refractivity contribution < 1.29 is 19.1 Å². The molecular formula is C19H19N3O5. The van der Waals surface area contributed by atoms with Gasteiger partial charge in [-0.25, -0.2) is 9.59 Å². The number of nitrogens with one attached hydrogen (secondary N) is 3. The van der Waals surface area contributed by atoms with E-state index >= 15 is 0 Å². The molecule has 3 rings (SSSR count). The van der Waals surface area contributed by atoms with Crippen LogP contribution in [0.4, 0.5) is 5.69 Å². The van der Waals surface area contributed by atoms with E-state index in [0.717, 1.165) is 5.56 Å². The lowest BCUT2D eigenvalue weighted by Gasteiger charge is -2.15. The second kappa shape index (κ2) is 7.36. The van der Waals surface area contributed by atoms with Gasteiger partial charge in [0.1, 0.15) is 11.3 Å². The number of benzene rings is 2. The number of carbonyl (C=O) groups excluding carboxylic acids is 2. The minimum atomic E-state index is -1.02. The van der Waals surface area contributed by atoms with Crippen molar-refractivity contribution in [1.29, 1.82) is 0 Å². The average Bonchev–Trinajstić information content (AvgIpc) is 3.00. The Morgan fingerprint density at radius 2 is 1.81 bits per heavy atom. The second-order valence-corrected chi connectivity index (χ2v) is 6.08. The topological polar surface area (TPSA) is 113 Å². The lowest BCUT2D eigenvalue weighted by molar-refractivity contribution is -0.123. The van der Waals surface area contributed by atoms with Crippen LogP contribution in [0.5, 0.6) is 5.75 Å². The summed E-state index contributed by atoms with van der Waals surface area (Å²) in [5, 5.41) is 2.66. The molecule has 1 heterocycles. The Labute approximate surface area is 154 Å². The molecule has 0 aliphatic heterocycles. The van der Waals surface area contributed by atoms with Crippen LogP contribution in [-0.2, 0) is 9.53 Å². The van der Waals surface area contributed by atoms with Crippen molar-refractivity contribution in [3.05, 3.63) is 58.0 Å². The van der Waals surface area contributed by atoms with E-state index in [1.54, 1.807) is 30.3 Å². The summed E-state index contributed by atoms with van der Waals surface area (Å²) in [6.07, 6.45) is -1.02. The number of esters is 1. The number of aromatic nitrogens is 2. The van der Waals surface area contributed by atoms with Crippen molar-refractivity contribution in [2.45, 2.75) is 20.0 Å². The fourth-order valence-corrected chi connectivity index (χ4v) is 2.61. The summed E-state index contributed by atoms with van der Waals surface area (Å²) in [4.78, 5) is 41.3. The Morgan fingerprint density at radius 1 is 1.07 bits per heavy atom. The molecule has 1 atom stereocenters. The Hall–Kier alpha value is -3.55. The molecule has 8 heteroatoms. The van der Waals surface area contributed by atoms with E-state index in [2.05, 4.69) is 15.3 Å². The molecular weight excluding hydrogens is 350 g/mol. The maximum atomic E-state index is 12.4. The molecule has 0 radical (unpaired) electrons. The molecule has 3 aromatic rings. The van der Waals surface area contributed by atoms with Gasteiger partial charge in [0.2, 0.25) is 0 Å². The van der Waals surface area contributed by atoms with Gasteiger partial charge in [-0.15, -0.1) is 0 Å². The predicted molar refractivity (Wildman–Crippen MR) is 100 cm³/mol. The Bertz CT molecular complexity index is 1070. The third-order valence-electron chi connectivity index (χ3n) is 4.01.